The summed E-state index contributed by atoms with van der Waals surface area (Å²) in [4.78, 5) is 0. The zero-order valence-corrected chi connectivity index (χ0v) is 10.7. The van der Waals surface area contributed by atoms with E-state index in [0.29, 0.717) is 11.5 Å². The molecule has 16 heavy (non-hydrogen) atoms. The number of anilines is 1. The molecule has 1 rings (SSSR count). The summed E-state index contributed by atoms with van der Waals surface area (Å²) in [5, 5.41) is 0.0563. The molecule has 2 unspecified atom stereocenters. The van der Waals surface area contributed by atoms with Crippen LogP contribution in [0.15, 0.2) is 18.2 Å². The summed E-state index contributed by atoms with van der Waals surface area (Å²) >= 11 is 0. The molecule has 0 radical (unpaired) electrons. The fourth-order valence-corrected chi connectivity index (χ4v) is 2.70. The van der Waals surface area contributed by atoms with E-state index in [1.807, 2.05) is 20.8 Å². The van der Waals surface area contributed by atoms with Crippen molar-refractivity contribution in [3.63, 3.8) is 0 Å². The van der Waals surface area contributed by atoms with Crippen molar-refractivity contribution < 1.29 is 8.60 Å². The quantitative estimate of drug-likeness (QED) is 0.826. The highest BCUT2D eigenvalue weighted by Gasteiger charge is 2.17. The smallest absolute Gasteiger partial charge is 0.150 e. The van der Waals surface area contributed by atoms with Gasteiger partial charge in [0, 0.05) is 21.6 Å². The van der Waals surface area contributed by atoms with Crippen LogP contribution in [0.4, 0.5) is 10.1 Å². The fraction of sp³-hybridized carbons (Fsp3) is 0.500. The summed E-state index contributed by atoms with van der Waals surface area (Å²) in [5.41, 5.74) is 6.01. The predicted molar refractivity (Wildman–Crippen MR) is 67.0 cm³/mol. The van der Waals surface area contributed by atoms with Crippen LogP contribution in [0.3, 0.4) is 0 Å². The number of halogens is 1. The minimum Gasteiger partial charge on any atom is -0.396 e. The molecule has 2 atom stereocenters. The molecule has 4 heteroatoms. The van der Waals surface area contributed by atoms with Gasteiger partial charge in [0.15, 0.2) is 0 Å². The second kappa shape index (κ2) is 5.43. The molecule has 0 fully saturated rings. The Morgan fingerprint density at radius 3 is 2.56 bits per heavy atom. The molecule has 0 heterocycles. The first-order valence-corrected chi connectivity index (χ1v) is 6.71. The third-order valence-electron chi connectivity index (χ3n) is 2.76. The molecule has 1 aromatic rings. The standard InChI is InChI=1S/C12H18FNOS/c1-8(2)9(3)16(15)7-10-5-4-6-11(14)12(10)13/h4-6,8-9H,7,14H2,1-3H3. The molecule has 0 saturated heterocycles. The van der Waals surface area contributed by atoms with Crippen LogP contribution in [0.25, 0.3) is 0 Å². The summed E-state index contributed by atoms with van der Waals surface area (Å²) in [5.74, 6) is 0.118. The van der Waals surface area contributed by atoms with E-state index in [0.717, 1.165) is 0 Å². The lowest BCUT2D eigenvalue weighted by Gasteiger charge is -2.15. The van der Waals surface area contributed by atoms with Crippen molar-refractivity contribution in [1.29, 1.82) is 0 Å². The lowest BCUT2D eigenvalue weighted by atomic mass is 10.2. The van der Waals surface area contributed by atoms with Gasteiger partial charge in [-0.2, -0.15) is 0 Å². The van der Waals surface area contributed by atoms with Crippen LogP contribution >= 0.6 is 0 Å². The van der Waals surface area contributed by atoms with E-state index >= 15 is 0 Å². The van der Waals surface area contributed by atoms with Crippen LogP contribution < -0.4 is 5.73 Å². The maximum Gasteiger partial charge on any atom is 0.150 e. The number of hydrogen-bond acceptors (Lipinski definition) is 2. The van der Waals surface area contributed by atoms with E-state index in [9.17, 15) is 8.60 Å². The summed E-state index contributed by atoms with van der Waals surface area (Å²) in [6.07, 6.45) is 0. The molecule has 0 aliphatic carbocycles. The Kier molecular flexibility index (Phi) is 4.47. The molecule has 0 saturated carbocycles. The maximum atomic E-state index is 13.6. The Labute approximate surface area is 98.5 Å². The van der Waals surface area contributed by atoms with E-state index in [-0.39, 0.29) is 16.7 Å². The number of nitrogens with two attached hydrogens (primary N) is 1. The Morgan fingerprint density at radius 1 is 1.38 bits per heavy atom. The van der Waals surface area contributed by atoms with Crippen molar-refractivity contribution in [1.82, 2.24) is 0 Å². The molecule has 0 amide bonds. The Balaban J connectivity index is 2.81. The van der Waals surface area contributed by atoms with Gasteiger partial charge in [0.1, 0.15) is 5.82 Å². The molecule has 2 nitrogen and oxygen atoms in total. The van der Waals surface area contributed by atoms with Gasteiger partial charge in [-0.15, -0.1) is 0 Å². The van der Waals surface area contributed by atoms with Crippen molar-refractivity contribution in [3.8, 4) is 0 Å². The number of nitrogen functional groups attached to an aromatic ring is 1. The van der Waals surface area contributed by atoms with E-state index in [1.54, 1.807) is 12.1 Å². The normalized spacial score (nSPS) is 15.1. The Bertz CT molecular complexity index is 393. The number of rotatable bonds is 4. The fourth-order valence-electron chi connectivity index (χ4n) is 1.30. The monoisotopic (exact) mass is 243 g/mol. The zero-order chi connectivity index (χ0) is 12.3. The first-order chi connectivity index (χ1) is 7.43. The minimum atomic E-state index is -1.06. The lowest BCUT2D eigenvalue weighted by molar-refractivity contribution is 0.599. The molecule has 0 aromatic heterocycles. The summed E-state index contributed by atoms with van der Waals surface area (Å²) in [6, 6.07) is 4.83. The highest BCUT2D eigenvalue weighted by Crippen LogP contribution is 2.19. The van der Waals surface area contributed by atoms with Crippen LogP contribution in [0.2, 0.25) is 0 Å². The van der Waals surface area contributed by atoms with Crippen LogP contribution in [0, 0.1) is 11.7 Å². The van der Waals surface area contributed by atoms with Gasteiger partial charge in [0.2, 0.25) is 0 Å². The summed E-state index contributed by atoms with van der Waals surface area (Å²) in [7, 11) is -1.06. The average molecular weight is 243 g/mol. The highest BCUT2D eigenvalue weighted by atomic mass is 32.2. The zero-order valence-electron chi connectivity index (χ0n) is 9.87. The minimum absolute atomic E-state index is 0.0563. The molecule has 0 bridgehead atoms. The van der Waals surface area contributed by atoms with Gasteiger partial charge in [-0.05, 0) is 12.0 Å². The SMILES string of the molecule is CC(C)C(C)S(=O)Cc1cccc(N)c1F. The maximum absolute atomic E-state index is 13.6. The lowest BCUT2D eigenvalue weighted by Crippen LogP contribution is -2.19. The van der Waals surface area contributed by atoms with Gasteiger partial charge in [-0.1, -0.05) is 32.9 Å². The topological polar surface area (TPSA) is 43.1 Å². The highest BCUT2D eigenvalue weighted by molar-refractivity contribution is 7.84. The van der Waals surface area contributed by atoms with Crippen molar-refractivity contribution in [2.75, 3.05) is 5.73 Å². The van der Waals surface area contributed by atoms with Crippen molar-refractivity contribution >= 4 is 16.5 Å². The van der Waals surface area contributed by atoms with Gasteiger partial charge in [-0.3, -0.25) is 4.21 Å². The molecule has 2 N–H and O–H groups in total. The first kappa shape index (κ1) is 13.2. The van der Waals surface area contributed by atoms with Gasteiger partial charge in [0.25, 0.3) is 0 Å². The van der Waals surface area contributed by atoms with E-state index in [1.165, 1.54) is 6.07 Å². The molecule has 90 valence electrons. The van der Waals surface area contributed by atoms with Crippen molar-refractivity contribution in [3.05, 3.63) is 29.6 Å². The van der Waals surface area contributed by atoms with Gasteiger partial charge in [0.05, 0.1) is 11.4 Å². The van der Waals surface area contributed by atoms with Gasteiger partial charge >= 0.3 is 0 Å². The Hall–Kier alpha value is -0.900. The predicted octanol–water partition coefficient (Wildman–Crippen LogP) is 2.70. The van der Waals surface area contributed by atoms with E-state index in [4.69, 9.17) is 5.73 Å². The van der Waals surface area contributed by atoms with Crippen molar-refractivity contribution in [2.45, 2.75) is 31.8 Å². The third-order valence-corrected chi connectivity index (χ3v) is 4.73. The van der Waals surface area contributed by atoms with Gasteiger partial charge in [-0.25, -0.2) is 4.39 Å². The van der Waals surface area contributed by atoms with E-state index in [2.05, 4.69) is 0 Å². The first-order valence-electron chi connectivity index (χ1n) is 5.33. The number of hydrogen-bond donors (Lipinski definition) is 1. The molecule has 0 aliphatic heterocycles. The number of benzene rings is 1. The second-order valence-corrected chi connectivity index (χ2v) is 6.09. The third kappa shape index (κ3) is 3.04. The van der Waals surface area contributed by atoms with Crippen molar-refractivity contribution in [2.24, 2.45) is 5.92 Å². The molecular formula is C12H18FNOS. The molecule has 1 aromatic carbocycles. The van der Waals surface area contributed by atoms with Crippen LogP contribution in [-0.4, -0.2) is 9.46 Å². The largest absolute Gasteiger partial charge is 0.396 e. The Morgan fingerprint density at radius 2 is 2.00 bits per heavy atom. The summed E-state index contributed by atoms with van der Waals surface area (Å²) < 4.78 is 25.5. The van der Waals surface area contributed by atoms with E-state index < -0.39 is 16.6 Å². The van der Waals surface area contributed by atoms with Gasteiger partial charge < -0.3 is 5.73 Å². The van der Waals surface area contributed by atoms with Crippen LogP contribution in [-0.2, 0) is 16.6 Å². The molecule has 0 aliphatic rings. The van der Waals surface area contributed by atoms with Crippen LogP contribution in [0.1, 0.15) is 26.3 Å². The van der Waals surface area contributed by atoms with Crippen LogP contribution in [0.5, 0.6) is 0 Å². The molecular weight excluding hydrogens is 225 g/mol. The average Bonchev–Trinajstić information content (AvgIpc) is 2.23. The molecule has 0 spiro atoms. The second-order valence-electron chi connectivity index (χ2n) is 4.29. The summed E-state index contributed by atoms with van der Waals surface area (Å²) in [6.45, 7) is 5.95.